The summed E-state index contributed by atoms with van der Waals surface area (Å²) in [6, 6.07) is 0. The van der Waals surface area contributed by atoms with Gasteiger partial charge in [-0.15, -0.1) is 0 Å². The van der Waals surface area contributed by atoms with Gasteiger partial charge in [0.1, 0.15) is 12.7 Å². The molecular weight excluding hydrogens is 158 g/mol. The van der Waals surface area contributed by atoms with E-state index >= 15 is 0 Å². The number of nitrogens with one attached hydrogen (secondary N) is 1. The van der Waals surface area contributed by atoms with Gasteiger partial charge in [0.25, 0.3) is 0 Å². The summed E-state index contributed by atoms with van der Waals surface area (Å²) in [7, 11) is 1.73. The third-order valence-electron chi connectivity index (χ3n) is 1.55. The Balaban J connectivity index is 2.81. The summed E-state index contributed by atoms with van der Waals surface area (Å²) in [5.74, 6) is 0.604. The van der Waals surface area contributed by atoms with Crippen molar-refractivity contribution in [3.8, 4) is 0 Å². The molecule has 2 aromatic rings. The number of nitrogens with zero attached hydrogens (tertiary/aromatic N) is 4. The van der Waals surface area contributed by atoms with Crippen LogP contribution in [0, 0.1) is 0 Å². The van der Waals surface area contributed by atoms with Crippen molar-refractivity contribution in [2.24, 2.45) is 0 Å². The molecule has 12 heavy (non-hydrogen) atoms. The summed E-state index contributed by atoms with van der Waals surface area (Å²) in [4.78, 5) is 11.7. The Labute approximate surface area is 67.9 Å². The minimum atomic E-state index is 0.398. The number of hydrogen-bond acceptors (Lipinski definition) is 5. The predicted octanol–water partition coefficient (Wildman–Crippen LogP) is 0.105. The SMILES string of the molecule is CNc1ncnc2c1ncn2O. The van der Waals surface area contributed by atoms with Gasteiger partial charge >= 0.3 is 0 Å². The van der Waals surface area contributed by atoms with Gasteiger partial charge in [0, 0.05) is 7.05 Å². The van der Waals surface area contributed by atoms with Gasteiger partial charge in [-0.05, 0) is 0 Å². The highest BCUT2D eigenvalue weighted by molar-refractivity contribution is 5.82. The summed E-state index contributed by atoms with van der Waals surface area (Å²) >= 11 is 0. The minimum absolute atomic E-state index is 0.398. The van der Waals surface area contributed by atoms with E-state index in [2.05, 4.69) is 20.3 Å². The Hall–Kier alpha value is -1.85. The van der Waals surface area contributed by atoms with E-state index in [0.717, 1.165) is 4.73 Å². The van der Waals surface area contributed by atoms with Crippen LogP contribution in [0.5, 0.6) is 0 Å². The predicted molar refractivity (Wildman–Crippen MR) is 42.1 cm³/mol. The number of rotatable bonds is 1. The van der Waals surface area contributed by atoms with E-state index in [4.69, 9.17) is 5.21 Å². The molecule has 2 heterocycles. The topological polar surface area (TPSA) is 75.9 Å². The average Bonchev–Trinajstić information content (AvgIpc) is 2.48. The second-order valence-electron chi connectivity index (χ2n) is 2.23. The van der Waals surface area contributed by atoms with E-state index in [-0.39, 0.29) is 0 Å². The van der Waals surface area contributed by atoms with Gasteiger partial charge in [-0.2, -0.15) is 4.73 Å². The zero-order chi connectivity index (χ0) is 8.55. The number of anilines is 1. The molecule has 0 atom stereocenters. The van der Waals surface area contributed by atoms with Crippen molar-refractivity contribution in [3.63, 3.8) is 0 Å². The normalized spacial score (nSPS) is 10.4. The first-order valence-corrected chi connectivity index (χ1v) is 3.38. The molecule has 0 aliphatic rings. The largest absolute Gasteiger partial charge is 0.425 e. The van der Waals surface area contributed by atoms with Crippen LogP contribution in [0.2, 0.25) is 0 Å². The molecule has 6 heteroatoms. The first-order valence-electron chi connectivity index (χ1n) is 3.38. The van der Waals surface area contributed by atoms with Crippen LogP contribution in [0.15, 0.2) is 12.7 Å². The maximum Gasteiger partial charge on any atom is 0.200 e. The Bertz CT molecular complexity index is 409. The molecule has 0 amide bonds. The molecule has 2 rings (SSSR count). The standard InChI is InChI=1S/C6H7N5O/c1-7-5-4-6(9-2-8-5)11(12)3-10-4/h2-3,12H,1H3,(H,7,8,9). The molecule has 0 aromatic carbocycles. The molecule has 2 N–H and O–H groups in total. The maximum atomic E-state index is 9.17. The van der Waals surface area contributed by atoms with Crippen molar-refractivity contribution >= 4 is 17.0 Å². The summed E-state index contributed by atoms with van der Waals surface area (Å²) in [6.45, 7) is 0. The van der Waals surface area contributed by atoms with Gasteiger partial charge < -0.3 is 10.5 Å². The van der Waals surface area contributed by atoms with E-state index in [0.29, 0.717) is 17.0 Å². The third-order valence-corrected chi connectivity index (χ3v) is 1.55. The van der Waals surface area contributed by atoms with E-state index in [9.17, 15) is 0 Å². The van der Waals surface area contributed by atoms with Crippen molar-refractivity contribution in [3.05, 3.63) is 12.7 Å². The summed E-state index contributed by atoms with van der Waals surface area (Å²) in [5.41, 5.74) is 0.955. The number of aromatic nitrogens is 4. The average molecular weight is 165 g/mol. The molecule has 0 spiro atoms. The van der Waals surface area contributed by atoms with Crippen LogP contribution in [0.3, 0.4) is 0 Å². The van der Waals surface area contributed by atoms with Gasteiger partial charge in [-0.3, -0.25) is 0 Å². The Morgan fingerprint density at radius 3 is 3.00 bits per heavy atom. The highest BCUT2D eigenvalue weighted by Crippen LogP contribution is 2.14. The van der Waals surface area contributed by atoms with E-state index in [1.54, 1.807) is 7.05 Å². The molecule has 0 saturated heterocycles. The molecule has 0 aliphatic heterocycles. The van der Waals surface area contributed by atoms with Crippen LogP contribution in [0.25, 0.3) is 11.2 Å². The van der Waals surface area contributed by atoms with Gasteiger partial charge in [0.15, 0.2) is 11.3 Å². The van der Waals surface area contributed by atoms with E-state index < -0.39 is 0 Å². The molecule has 0 fully saturated rings. The summed E-state index contributed by atoms with van der Waals surface area (Å²) in [6.07, 6.45) is 2.64. The fourth-order valence-corrected chi connectivity index (χ4v) is 1.01. The molecule has 0 radical (unpaired) electrons. The Kier molecular flexibility index (Phi) is 1.33. The molecule has 62 valence electrons. The quantitative estimate of drug-likeness (QED) is 0.586. The van der Waals surface area contributed by atoms with E-state index in [1.807, 2.05) is 0 Å². The molecule has 0 unspecified atom stereocenters. The third kappa shape index (κ3) is 0.777. The summed E-state index contributed by atoms with van der Waals surface area (Å²) < 4.78 is 0.859. The fourth-order valence-electron chi connectivity index (χ4n) is 1.01. The molecule has 0 bridgehead atoms. The smallest absolute Gasteiger partial charge is 0.200 e. The first-order chi connectivity index (χ1) is 5.83. The van der Waals surface area contributed by atoms with Gasteiger partial charge in [-0.25, -0.2) is 15.0 Å². The second kappa shape index (κ2) is 2.33. The van der Waals surface area contributed by atoms with Crippen molar-refractivity contribution in [1.82, 2.24) is 19.7 Å². The molecular formula is C6H7N5O. The second-order valence-corrected chi connectivity index (χ2v) is 2.23. The van der Waals surface area contributed by atoms with Crippen LogP contribution < -0.4 is 5.32 Å². The number of fused-ring (bicyclic) bond motifs is 1. The lowest BCUT2D eigenvalue weighted by atomic mass is 10.5. The molecule has 2 aromatic heterocycles. The number of hydrogen-bond donors (Lipinski definition) is 2. The van der Waals surface area contributed by atoms with Gasteiger partial charge in [0.2, 0.25) is 5.65 Å². The van der Waals surface area contributed by atoms with Crippen LogP contribution in [-0.2, 0) is 0 Å². The van der Waals surface area contributed by atoms with Crippen LogP contribution in [0.4, 0.5) is 5.82 Å². The monoisotopic (exact) mass is 165 g/mol. The lowest BCUT2D eigenvalue weighted by Gasteiger charge is -1.97. The molecule has 6 nitrogen and oxygen atoms in total. The van der Waals surface area contributed by atoms with Crippen LogP contribution in [0.1, 0.15) is 0 Å². The maximum absolute atomic E-state index is 9.17. The molecule has 0 aliphatic carbocycles. The lowest BCUT2D eigenvalue weighted by molar-refractivity contribution is 0.196. The Morgan fingerprint density at radius 2 is 2.25 bits per heavy atom. The van der Waals surface area contributed by atoms with Gasteiger partial charge in [-0.1, -0.05) is 0 Å². The lowest BCUT2D eigenvalue weighted by Crippen LogP contribution is -1.96. The highest BCUT2D eigenvalue weighted by Gasteiger charge is 2.06. The Morgan fingerprint density at radius 1 is 1.42 bits per heavy atom. The van der Waals surface area contributed by atoms with E-state index in [1.165, 1.54) is 12.7 Å². The molecule has 0 saturated carbocycles. The first kappa shape index (κ1) is 6.84. The highest BCUT2D eigenvalue weighted by atomic mass is 16.5. The van der Waals surface area contributed by atoms with Crippen LogP contribution >= 0.6 is 0 Å². The van der Waals surface area contributed by atoms with Crippen molar-refractivity contribution in [1.29, 1.82) is 0 Å². The summed E-state index contributed by atoms with van der Waals surface area (Å²) in [5, 5.41) is 12.0. The van der Waals surface area contributed by atoms with Crippen molar-refractivity contribution < 1.29 is 5.21 Å². The fraction of sp³-hybridized carbons (Fsp3) is 0.167. The number of imidazole rings is 1. The van der Waals surface area contributed by atoms with Gasteiger partial charge in [0.05, 0.1) is 0 Å². The van der Waals surface area contributed by atoms with Crippen molar-refractivity contribution in [2.45, 2.75) is 0 Å². The van der Waals surface area contributed by atoms with Crippen LogP contribution in [-0.4, -0.2) is 31.9 Å². The zero-order valence-electron chi connectivity index (χ0n) is 6.39. The minimum Gasteiger partial charge on any atom is -0.425 e. The van der Waals surface area contributed by atoms with Crippen molar-refractivity contribution in [2.75, 3.05) is 12.4 Å². The zero-order valence-corrected chi connectivity index (χ0v) is 6.39.